The van der Waals surface area contributed by atoms with Crippen molar-refractivity contribution in [2.24, 2.45) is 5.92 Å². The van der Waals surface area contributed by atoms with Gasteiger partial charge in [0.2, 0.25) is 0 Å². The van der Waals surface area contributed by atoms with E-state index in [-0.39, 0.29) is 5.69 Å². The lowest BCUT2D eigenvalue weighted by Crippen LogP contribution is -2.38. The molecule has 8 heteroatoms. The van der Waals surface area contributed by atoms with Crippen LogP contribution in [0.4, 0.5) is 10.5 Å². The fraction of sp³-hybridized carbons (Fsp3) is 0.217. The van der Waals surface area contributed by atoms with E-state index >= 15 is 0 Å². The number of aromatic nitrogens is 2. The van der Waals surface area contributed by atoms with Gasteiger partial charge >= 0.3 is 17.7 Å². The summed E-state index contributed by atoms with van der Waals surface area (Å²) in [7, 11) is 1.32. The zero-order chi connectivity index (χ0) is 22.2. The van der Waals surface area contributed by atoms with Crippen molar-refractivity contribution in [1.29, 1.82) is 0 Å². The molecule has 0 spiro atoms. The largest absolute Gasteiger partial charge is 0.469 e. The van der Waals surface area contributed by atoms with E-state index in [0.717, 1.165) is 11.1 Å². The molecule has 2 aromatic carbocycles. The number of carbonyl (C=O) groups is 2. The van der Waals surface area contributed by atoms with Gasteiger partial charge in [-0.1, -0.05) is 42.5 Å². The smallest absolute Gasteiger partial charge is 0.347 e. The number of carbonyl (C=O) groups excluding carboxylic acids is 2. The number of benzene rings is 2. The van der Waals surface area contributed by atoms with Crippen molar-refractivity contribution in [2.45, 2.75) is 19.5 Å². The first-order chi connectivity index (χ1) is 15.0. The van der Waals surface area contributed by atoms with E-state index < -0.39 is 24.0 Å². The van der Waals surface area contributed by atoms with Gasteiger partial charge in [-0.05, 0) is 36.2 Å². The standard InChI is InChI=1S/C23H24N4O4/c1-16(21(28)31-2)20(18-9-4-3-5-10-18)26-22(29)25-19-11-6-8-17(14-19)15-27-13-7-12-24-23(27)30/h3-14,16,20H,15H2,1-2H3,(H2,25,26,29)/t16-,20+/m0/s1. The van der Waals surface area contributed by atoms with Gasteiger partial charge in [-0.25, -0.2) is 14.6 Å². The third-order valence-corrected chi connectivity index (χ3v) is 4.84. The van der Waals surface area contributed by atoms with Crippen LogP contribution in [0.25, 0.3) is 0 Å². The van der Waals surface area contributed by atoms with Gasteiger partial charge in [-0.15, -0.1) is 0 Å². The van der Waals surface area contributed by atoms with Crippen LogP contribution < -0.4 is 16.3 Å². The minimum Gasteiger partial charge on any atom is -0.469 e. The van der Waals surface area contributed by atoms with Crippen molar-refractivity contribution in [2.75, 3.05) is 12.4 Å². The van der Waals surface area contributed by atoms with E-state index in [1.807, 2.05) is 36.4 Å². The quantitative estimate of drug-likeness (QED) is 0.572. The van der Waals surface area contributed by atoms with Gasteiger partial charge in [-0.3, -0.25) is 9.36 Å². The topological polar surface area (TPSA) is 102 Å². The van der Waals surface area contributed by atoms with Gasteiger partial charge in [-0.2, -0.15) is 0 Å². The number of hydrogen-bond acceptors (Lipinski definition) is 5. The Hall–Kier alpha value is -3.94. The molecule has 0 unspecified atom stereocenters. The zero-order valence-corrected chi connectivity index (χ0v) is 17.3. The van der Waals surface area contributed by atoms with Crippen LogP contribution in [-0.2, 0) is 16.1 Å². The monoisotopic (exact) mass is 420 g/mol. The van der Waals surface area contributed by atoms with Gasteiger partial charge in [0, 0.05) is 18.1 Å². The molecule has 0 bridgehead atoms. The molecule has 1 heterocycles. The Bertz CT molecular complexity index is 1100. The van der Waals surface area contributed by atoms with E-state index in [1.165, 1.54) is 17.9 Å². The Kier molecular flexibility index (Phi) is 7.16. The van der Waals surface area contributed by atoms with Crippen molar-refractivity contribution in [3.8, 4) is 0 Å². The first kappa shape index (κ1) is 21.8. The van der Waals surface area contributed by atoms with Crippen LogP contribution in [-0.4, -0.2) is 28.7 Å². The molecule has 0 aliphatic rings. The average Bonchev–Trinajstić information content (AvgIpc) is 2.79. The molecule has 3 aromatic rings. The summed E-state index contributed by atoms with van der Waals surface area (Å²) in [6.07, 6.45) is 3.10. The normalized spacial score (nSPS) is 12.5. The molecule has 2 atom stereocenters. The van der Waals surface area contributed by atoms with Crippen LogP contribution in [0.2, 0.25) is 0 Å². The molecule has 0 fully saturated rings. The van der Waals surface area contributed by atoms with Crippen molar-refractivity contribution >= 4 is 17.7 Å². The van der Waals surface area contributed by atoms with Crippen LogP contribution in [0, 0.1) is 5.92 Å². The summed E-state index contributed by atoms with van der Waals surface area (Å²) in [5.41, 5.74) is 1.83. The Morgan fingerprint density at radius 1 is 1.10 bits per heavy atom. The van der Waals surface area contributed by atoms with Crippen LogP contribution in [0.15, 0.2) is 77.9 Å². The number of methoxy groups -OCH3 is 1. The molecule has 0 aliphatic carbocycles. The Morgan fingerprint density at radius 3 is 2.58 bits per heavy atom. The van der Waals surface area contributed by atoms with E-state index in [4.69, 9.17) is 4.74 Å². The van der Waals surface area contributed by atoms with Crippen molar-refractivity contribution < 1.29 is 14.3 Å². The van der Waals surface area contributed by atoms with E-state index in [1.54, 1.807) is 37.4 Å². The summed E-state index contributed by atoms with van der Waals surface area (Å²) >= 11 is 0. The van der Waals surface area contributed by atoms with E-state index in [0.29, 0.717) is 12.2 Å². The Balaban J connectivity index is 1.73. The predicted octanol–water partition coefficient (Wildman–Crippen LogP) is 2.96. The maximum atomic E-state index is 12.7. The van der Waals surface area contributed by atoms with Crippen molar-refractivity contribution in [1.82, 2.24) is 14.9 Å². The number of anilines is 1. The number of esters is 1. The third-order valence-electron chi connectivity index (χ3n) is 4.84. The summed E-state index contributed by atoms with van der Waals surface area (Å²) in [5.74, 6) is -1.000. The van der Waals surface area contributed by atoms with Crippen molar-refractivity contribution in [3.05, 3.63) is 94.7 Å². The number of urea groups is 1. The van der Waals surface area contributed by atoms with Crippen LogP contribution in [0.3, 0.4) is 0 Å². The maximum Gasteiger partial charge on any atom is 0.347 e. The molecular weight excluding hydrogens is 396 g/mol. The van der Waals surface area contributed by atoms with Gasteiger partial charge in [0.1, 0.15) is 0 Å². The second-order valence-electron chi connectivity index (χ2n) is 7.03. The van der Waals surface area contributed by atoms with Crippen molar-refractivity contribution in [3.63, 3.8) is 0 Å². The van der Waals surface area contributed by atoms with Crippen LogP contribution >= 0.6 is 0 Å². The number of hydrogen-bond donors (Lipinski definition) is 2. The van der Waals surface area contributed by atoms with E-state index in [9.17, 15) is 14.4 Å². The number of nitrogens with zero attached hydrogens (tertiary/aromatic N) is 2. The van der Waals surface area contributed by atoms with Gasteiger partial charge < -0.3 is 15.4 Å². The zero-order valence-electron chi connectivity index (χ0n) is 17.3. The van der Waals surface area contributed by atoms with Crippen LogP contribution in [0.1, 0.15) is 24.1 Å². The molecule has 160 valence electrons. The highest BCUT2D eigenvalue weighted by molar-refractivity contribution is 5.90. The number of ether oxygens (including phenoxy) is 1. The number of nitrogens with one attached hydrogen (secondary N) is 2. The minimum absolute atomic E-state index is 0.329. The number of rotatable bonds is 7. The molecule has 3 rings (SSSR count). The fourth-order valence-corrected chi connectivity index (χ4v) is 3.24. The van der Waals surface area contributed by atoms with Gasteiger partial charge in [0.25, 0.3) is 0 Å². The molecule has 8 nitrogen and oxygen atoms in total. The van der Waals surface area contributed by atoms with Gasteiger partial charge in [0.15, 0.2) is 0 Å². The molecule has 2 N–H and O–H groups in total. The summed E-state index contributed by atoms with van der Waals surface area (Å²) in [6, 6.07) is 17.1. The van der Waals surface area contributed by atoms with Gasteiger partial charge in [0.05, 0.1) is 25.6 Å². The third kappa shape index (κ3) is 5.79. The Morgan fingerprint density at radius 2 is 1.87 bits per heavy atom. The first-order valence-corrected chi connectivity index (χ1v) is 9.78. The molecule has 0 radical (unpaired) electrons. The summed E-state index contributed by atoms with van der Waals surface area (Å²) in [4.78, 5) is 40.3. The Labute approximate surface area is 179 Å². The minimum atomic E-state index is -0.582. The molecule has 1 aromatic heterocycles. The second-order valence-corrected chi connectivity index (χ2v) is 7.03. The second kappa shape index (κ2) is 10.2. The first-order valence-electron chi connectivity index (χ1n) is 9.78. The van der Waals surface area contributed by atoms with E-state index in [2.05, 4.69) is 15.6 Å². The lowest BCUT2D eigenvalue weighted by Gasteiger charge is -2.24. The lowest BCUT2D eigenvalue weighted by atomic mass is 9.94. The summed E-state index contributed by atoms with van der Waals surface area (Å²) in [6.45, 7) is 2.03. The maximum absolute atomic E-state index is 12.7. The highest BCUT2D eigenvalue weighted by Gasteiger charge is 2.27. The molecule has 2 amide bonds. The molecule has 31 heavy (non-hydrogen) atoms. The van der Waals surface area contributed by atoms with Crippen LogP contribution in [0.5, 0.6) is 0 Å². The summed E-state index contributed by atoms with van der Waals surface area (Å²) < 4.78 is 6.33. The highest BCUT2D eigenvalue weighted by atomic mass is 16.5. The molecule has 0 aliphatic heterocycles. The molecule has 0 saturated heterocycles. The molecule has 0 saturated carbocycles. The number of amides is 2. The fourth-order valence-electron chi connectivity index (χ4n) is 3.24. The lowest BCUT2D eigenvalue weighted by molar-refractivity contribution is -0.145. The molecular formula is C23H24N4O4. The SMILES string of the molecule is COC(=O)[C@@H](C)[C@@H](NC(=O)Nc1cccc(Cn2cccnc2=O)c1)c1ccccc1. The predicted molar refractivity (Wildman–Crippen MR) is 117 cm³/mol. The highest BCUT2D eigenvalue weighted by Crippen LogP contribution is 2.23. The summed E-state index contributed by atoms with van der Waals surface area (Å²) in [5, 5.41) is 5.65. The average molecular weight is 420 g/mol.